The van der Waals surface area contributed by atoms with Gasteiger partial charge in [0.05, 0.1) is 0 Å². The summed E-state index contributed by atoms with van der Waals surface area (Å²) in [5.74, 6) is 0. The molecule has 0 aromatic carbocycles. The van der Waals surface area contributed by atoms with Crippen LogP contribution in [0.3, 0.4) is 0 Å². The summed E-state index contributed by atoms with van der Waals surface area (Å²) in [6.45, 7) is 1.99. The molecule has 6 heteroatoms. The molecule has 84 valence electrons. The van der Waals surface area contributed by atoms with Crippen molar-refractivity contribution in [2.75, 3.05) is 0 Å². The SMILES string of the molecule is CCn1cccc(C(N)C(F)(F)F)c1=O. The highest BCUT2D eigenvalue weighted by molar-refractivity contribution is 5.16. The molecule has 0 fully saturated rings. The van der Waals surface area contributed by atoms with Crippen molar-refractivity contribution in [3.63, 3.8) is 0 Å². The van der Waals surface area contributed by atoms with Crippen LogP contribution in [0.1, 0.15) is 18.5 Å². The first-order chi connectivity index (χ1) is 6.88. The van der Waals surface area contributed by atoms with Crippen LogP contribution in [0.25, 0.3) is 0 Å². The van der Waals surface area contributed by atoms with Gasteiger partial charge in [0.15, 0.2) is 0 Å². The van der Waals surface area contributed by atoms with Crippen LogP contribution < -0.4 is 11.3 Å². The Balaban J connectivity index is 3.22. The topological polar surface area (TPSA) is 48.0 Å². The molecule has 1 heterocycles. The molecule has 0 radical (unpaired) electrons. The summed E-state index contributed by atoms with van der Waals surface area (Å²) in [5.41, 5.74) is 3.84. The van der Waals surface area contributed by atoms with Crippen LogP contribution in [-0.4, -0.2) is 10.7 Å². The summed E-state index contributed by atoms with van der Waals surface area (Å²) >= 11 is 0. The molecule has 0 saturated carbocycles. The first kappa shape index (κ1) is 11.8. The quantitative estimate of drug-likeness (QED) is 0.819. The van der Waals surface area contributed by atoms with Gasteiger partial charge in [-0.15, -0.1) is 0 Å². The Morgan fingerprint density at radius 3 is 2.60 bits per heavy atom. The van der Waals surface area contributed by atoms with E-state index >= 15 is 0 Å². The third kappa shape index (κ3) is 2.38. The van der Waals surface area contributed by atoms with Gasteiger partial charge in [0.2, 0.25) is 0 Å². The van der Waals surface area contributed by atoms with E-state index in [-0.39, 0.29) is 0 Å². The largest absolute Gasteiger partial charge is 0.407 e. The van der Waals surface area contributed by atoms with Crippen LogP contribution in [0, 0.1) is 0 Å². The Kier molecular flexibility index (Phi) is 3.18. The standard InChI is InChI=1S/C9H11F3N2O/c1-2-14-5-3-4-6(8(14)15)7(13)9(10,11)12/h3-5,7H,2,13H2,1H3. The van der Waals surface area contributed by atoms with E-state index in [1.165, 1.54) is 16.8 Å². The fourth-order valence-corrected chi connectivity index (χ4v) is 1.22. The van der Waals surface area contributed by atoms with E-state index in [4.69, 9.17) is 5.73 Å². The number of nitrogens with zero attached hydrogens (tertiary/aromatic N) is 1. The maximum atomic E-state index is 12.3. The number of halogens is 3. The van der Waals surface area contributed by atoms with Crippen molar-refractivity contribution in [1.82, 2.24) is 4.57 Å². The molecule has 1 unspecified atom stereocenters. The van der Waals surface area contributed by atoms with Gasteiger partial charge in [-0.05, 0) is 13.0 Å². The van der Waals surface area contributed by atoms with Crippen molar-refractivity contribution in [1.29, 1.82) is 0 Å². The molecule has 1 aromatic rings. The molecular weight excluding hydrogens is 209 g/mol. The summed E-state index contributed by atoms with van der Waals surface area (Å²) in [7, 11) is 0. The second-order valence-electron chi connectivity index (χ2n) is 3.07. The van der Waals surface area contributed by atoms with E-state index < -0.39 is 23.3 Å². The monoisotopic (exact) mass is 220 g/mol. The van der Waals surface area contributed by atoms with Gasteiger partial charge >= 0.3 is 6.18 Å². The lowest BCUT2D eigenvalue weighted by Crippen LogP contribution is -2.35. The van der Waals surface area contributed by atoms with Crippen LogP contribution in [0.2, 0.25) is 0 Å². The number of aromatic nitrogens is 1. The molecule has 0 aliphatic rings. The third-order valence-electron chi connectivity index (χ3n) is 2.08. The summed E-state index contributed by atoms with van der Waals surface area (Å²) < 4.78 is 38.0. The van der Waals surface area contributed by atoms with Crippen molar-refractivity contribution in [3.8, 4) is 0 Å². The molecule has 0 spiro atoms. The molecule has 1 atom stereocenters. The summed E-state index contributed by atoms with van der Waals surface area (Å²) in [5, 5.41) is 0. The molecule has 15 heavy (non-hydrogen) atoms. The van der Waals surface area contributed by atoms with E-state index in [0.717, 1.165) is 6.07 Å². The average Bonchev–Trinajstić information content (AvgIpc) is 2.16. The second-order valence-corrected chi connectivity index (χ2v) is 3.07. The first-order valence-electron chi connectivity index (χ1n) is 4.39. The van der Waals surface area contributed by atoms with Crippen LogP contribution in [-0.2, 0) is 6.54 Å². The Bertz CT molecular complexity index is 397. The fourth-order valence-electron chi connectivity index (χ4n) is 1.22. The van der Waals surface area contributed by atoms with Gasteiger partial charge in [-0.1, -0.05) is 6.07 Å². The lowest BCUT2D eigenvalue weighted by molar-refractivity contribution is -0.149. The van der Waals surface area contributed by atoms with E-state index in [2.05, 4.69) is 0 Å². The Morgan fingerprint density at radius 2 is 2.13 bits per heavy atom. The highest BCUT2D eigenvalue weighted by Crippen LogP contribution is 2.28. The number of nitrogens with two attached hydrogens (primary N) is 1. The zero-order valence-corrected chi connectivity index (χ0v) is 8.08. The Labute approximate surface area is 84.3 Å². The van der Waals surface area contributed by atoms with Gasteiger partial charge in [-0.2, -0.15) is 13.2 Å². The lowest BCUT2D eigenvalue weighted by atomic mass is 10.1. The van der Waals surface area contributed by atoms with E-state index in [9.17, 15) is 18.0 Å². The van der Waals surface area contributed by atoms with Gasteiger partial charge in [0.1, 0.15) is 6.04 Å². The molecular formula is C9H11F3N2O. The third-order valence-corrected chi connectivity index (χ3v) is 2.08. The van der Waals surface area contributed by atoms with Gasteiger partial charge in [-0.25, -0.2) is 0 Å². The number of aryl methyl sites for hydroxylation is 1. The minimum absolute atomic E-state index is 0.317. The fraction of sp³-hybridized carbons (Fsp3) is 0.444. The predicted molar refractivity (Wildman–Crippen MR) is 49.4 cm³/mol. The van der Waals surface area contributed by atoms with Crippen molar-refractivity contribution >= 4 is 0 Å². The molecule has 0 saturated heterocycles. The number of alkyl halides is 3. The lowest BCUT2D eigenvalue weighted by Gasteiger charge is -2.15. The average molecular weight is 220 g/mol. The molecule has 1 rings (SSSR count). The van der Waals surface area contributed by atoms with E-state index in [1.807, 2.05) is 0 Å². The molecule has 1 aromatic heterocycles. The number of hydrogen-bond donors (Lipinski definition) is 1. The van der Waals surface area contributed by atoms with Crippen molar-refractivity contribution in [3.05, 3.63) is 34.2 Å². The molecule has 0 bridgehead atoms. The summed E-state index contributed by atoms with van der Waals surface area (Å²) in [6.07, 6.45) is -3.17. The van der Waals surface area contributed by atoms with E-state index in [0.29, 0.717) is 6.54 Å². The maximum Gasteiger partial charge on any atom is 0.407 e. The van der Waals surface area contributed by atoms with Gasteiger partial charge in [-0.3, -0.25) is 4.79 Å². The highest BCUT2D eigenvalue weighted by atomic mass is 19.4. The van der Waals surface area contributed by atoms with Gasteiger partial charge < -0.3 is 10.3 Å². The molecule has 0 aliphatic carbocycles. The zero-order chi connectivity index (χ0) is 11.6. The smallest absolute Gasteiger partial charge is 0.316 e. The van der Waals surface area contributed by atoms with Crippen molar-refractivity contribution in [2.45, 2.75) is 25.7 Å². The van der Waals surface area contributed by atoms with Crippen molar-refractivity contribution in [2.24, 2.45) is 5.73 Å². The number of pyridine rings is 1. The maximum absolute atomic E-state index is 12.3. The Morgan fingerprint density at radius 1 is 1.53 bits per heavy atom. The van der Waals surface area contributed by atoms with Crippen LogP contribution in [0.15, 0.2) is 23.1 Å². The van der Waals surface area contributed by atoms with Crippen molar-refractivity contribution < 1.29 is 13.2 Å². The zero-order valence-electron chi connectivity index (χ0n) is 8.08. The first-order valence-corrected chi connectivity index (χ1v) is 4.39. The van der Waals surface area contributed by atoms with Crippen LogP contribution in [0.5, 0.6) is 0 Å². The minimum atomic E-state index is -4.59. The number of hydrogen-bond acceptors (Lipinski definition) is 2. The normalized spacial score (nSPS) is 13.9. The Hall–Kier alpha value is -1.30. The van der Waals surface area contributed by atoms with Gasteiger partial charge in [0.25, 0.3) is 5.56 Å². The van der Waals surface area contributed by atoms with Crippen LogP contribution in [0.4, 0.5) is 13.2 Å². The van der Waals surface area contributed by atoms with Crippen LogP contribution >= 0.6 is 0 Å². The summed E-state index contributed by atoms with van der Waals surface area (Å²) in [4.78, 5) is 11.5. The molecule has 2 N–H and O–H groups in total. The summed E-state index contributed by atoms with van der Waals surface area (Å²) in [6, 6.07) is 0.266. The predicted octanol–water partition coefficient (Wildman–Crippen LogP) is 1.43. The highest BCUT2D eigenvalue weighted by Gasteiger charge is 2.39. The van der Waals surface area contributed by atoms with E-state index in [1.54, 1.807) is 6.92 Å². The minimum Gasteiger partial charge on any atom is -0.316 e. The molecule has 3 nitrogen and oxygen atoms in total. The second kappa shape index (κ2) is 4.06. The van der Waals surface area contributed by atoms with Gasteiger partial charge in [0, 0.05) is 18.3 Å². The molecule has 0 amide bonds. The number of rotatable bonds is 2. The molecule has 0 aliphatic heterocycles.